The quantitative estimate of drug-likeness (QED) is 0.241. The van der Waals surface area contributed by atoms with Gasteiger partial charge in [-0.3, -0.25) is 0 Å². The number of allylic oxidation sites excluding steroid dienone is 2. The second-order valence-electron chi connectivity index (χ2n) is 13.9. The molecule has 0 radical (unpaired) electrons. The molecule has 0 aromatic heterocycles. The first-order chi connectivity index (χ1) is 14.5. The Hall–Kier alpha value is -1.13. The largest absolute Gasteiger partial charge is 0.0622 e. The van der Waals surface area contributed by atoms with Crippen LogP contribution in [0.3, 0.4) is 0 Å². The van der Waals surface area contributed by atoms with Gasteiger partial charge >= 0.3 is 91.8 Å². The second kappa shape index (κ2) is 1.98. The molecule has 10 fully saturated rings. The molecule has 1 spiro atoms. The van der Waals surface area contributed by atoms with Gasteiger partial charge in [-0.15, -0.1) is 0 Å². The van der Waals surface area contributed by atoms with Crippen LogP contribution in [-0.4, -0.2) is 0 Å². The van der Waals surface area contributed by atoms with E-state index in [1.165, 1.54) is 62.0 Å². The molecular weight excluding hydrogens is 423 g/mol. The zero-order chi connectivity index (χ0) is 19.7. The molecule has 2 aromatic carbocycles. The molecular formula is C28H29FeP. The number of hydrogen-bond acceptors (Lipinski definition) is 0. The summed E-state index contributed by atoms with van der Waals surface area (Å²) in [4.78, 5) is 11.5. The molecule has 4 atom stereocenters. The second-order valence-corrected chi connectivity index (χ2v) is 38.7. The molecule has 10 aliphatic rings. The van der Waals surface area contributed by atoms with Crippen molar-refractivity contribution in [3.05, 3.63) is 86.0 Å². The summed E-state index contributed by atoms with van der Waals surface area (Å²) in [6.07, 6.45) is 7.60. The van der Waals surface area contributed by atoms with E-state index in [9.17, 15) is 0 Å². The Kier molecular flexibility index (Phi) is 0.978. The summed E-state index contributed by atoms with van der Waals surface area (Å²) >= 11 is 0. The van der Waals surface area contributed by atoms with Crippen LogP contribution in [0.15, 0.2) is 86.0 Å². The number of fused-ring (bicyclic) bond motifs is 10. The Morgan fingerprint density at radius 3 is 1.37 bits per heavy atom. The van der Waals surface area contributed by atoms with Crippen LogP contribution in [-0.2, 0) is 6.51 Å². The van der Waals surface area contributed by atoms with Crippen molar-refractivity contribution in [3.63, 3.8) is 0 Å². The molecule has 0 bridgehead atoms. The first-order valence-electron chi connectivity index (χ1n) is 11.8. The van der Waals surface area contributed by atoms with Gasteiger partial charge in [0.15, 0.2) is 0 Å². The first kappa shape index (κ1) is 14.8. The molecule has 0 N–H and O–H groups in total. The number of rotatable bonds is 6. The van der Waals surface area contributed by atoms with Crippen molar-refractivity contribution in [2.45, 2.75) is 60.0 Å². The maximum absolute atomic E-state index is 4.16. The zero-order valence-electron chi connectivity index (χ0n) is 17.2. The molecule has 10 aliphatic heterocycles. The first-order valence-corrected chi connectivity index (χ1v) is 19.0. The van der Waals surface area contributed by atoms with Gasteiger partial charge < -0.3 is 0 Å². The van der Waals surface area contributed by atoms with E-state index in [0.29, 0.717) is 0 Å². The molecule has 10 saturated heterocycles. The Labute approximate surface area is 171 Å². The minimum Gasteiger partial charge on any atom is -0.0622 e. The SMILES string of the molecule is C=CC[C]12[CH]3[CH]4[CH]5[C]1(CC=C)[Fe]43521678[CH]2[CH]1[CH]6[CH]7[CH]28.c1ccc(Pc2ccccc2)cc1. The van der Waals surface area contributed by atoms with Gasteiger partial charge in [-0.25, -0.2) is 0 Å². The van der Waals surface area contributed by atoms with E-state index in [-0.39, 0.29) is 0 Å². The van der Waals surface area contributed by atoms with E-state index in [2.05, 4.69) is 86.0 Å². The maximum atomic E-state index is 4.16. The summed E-state index contributed by atoms with van der Waals surface area (Å²) in [5.74, 6) is 0. The van der Waals surface area contributed by atoms with Gasteiger partial charge in [-0.05, 0) is 10.6 Å². The van der Waals surface area contributed by atoms with Gasteiger partial charge in [0.1, 0.15) is 0 Å². The summed E-state index contributed by atoms with van der Waals surface area (Å²) in [7, 11) is 0.777. The topological polar surface area (TPSA) is 0 Å². The number of benzene rings is 2. The summed E-state index contributed by atoms with van der Waals surface area (Å²) in [6, 6.07) is 21.2. The van der Waals surface area contributed by atoms with E-state index >= 15 is 0 Å². The van der Waals surface area contributed by atoms with Crippen molar-refractivity contribution in [1.82, 2.24) is 0 Å². The Balaban J connectivity index is 0.0000000941. The van der Waals surface area contributed by atoms with E-state index < -0.39 is 6.51 Å². The Bertz CT molecular complexity index is 1470. The average molecular weight is 452 g/mol. The van der Waals surface area contributed by atoms with Crippen LogP contribution in [0.1, 0.15) is 12.8 Å². The molecule has 0 aliphatic carbocycles. The third-order valence-electron chi connectivity index (χ3n) is 18.2. The van der Waals surface area contributed by atoms with Gasteiger partial charge in [-0.2, -0.15) is 0 Å². The van der Waals surface area contributed by atoms with Crippen LogP contribution in [0.25, 0.3) is 0 Å². The third-order valence-corrected chi connectivity index (χ3v) is 63.5. The molecule has 0 amide bonds. The molecule has 30 heavy (non-hydrogen) atoms. The fourth-order valence-electron chi connectivity index (χ4n) is 20.3. The Morgan fingerprint density at radius 2 is 1.07 bits per heavy atom. The zero-order valence-corrected chi connectivity index (χ0v) is 19.3. The van der Waals surface area contributed by atoms with Crippen LogP contribution < -0.4 is 10.6 Å². The number of hydrogen-bond donors (Lipinski definition) is 0. The fourth-order valence-corrected chi connectivity index (χ4v) is 99.0. The monoisotopic (exact) mass is 452 g/mol. The van der Waals surface area contributed by atoms with Crippen LogP contribution in [0.5, 0.6) is 0 Å². The maximum Gasteiger partial charge on any atom is -0.0226 e. The minimum atomic E-state index is -2.94. The van der Waals surface area contributed by atoms with Gasteiger partial charge in [0.05, 0.1) is 0 Å². The molecule has 4 unspecified atom stereocenters. The van der Waals surface area contributed by atoms with E-state index in [0.717, 1.165) is 17.2 Å². The molecule has 12 rings (SSSR count). The van der Waals surface area contributed by atoms with E-state index in [1.54, 1.807) is 0 Å². The van der Waals surface area contributed by atoms with Crippen molar-refractivity contribution < 1.29 is 6.51 Å². The predicted octanol–water partition coefficient (Wildman–Crippen LogP) is 7.58. The van der Waals surface area contributed by atoms with Crippen molar-refractivity contribution in [2.75, 3.05) is 0 Å². The van der Waals surface area contributed by atoms with Gasteiger partial charge in [0.25, 0.3) is 0 Å². The van der Waals surface area contributed by atoms with Gasteiger partial charge in [0.2, 0.25) is 0 Å². The normalized spacial score (nSPS) is 74.0. The van der Waals surface area contributed by atoms with Crippen LogP contribution in [0.4, 0.5) is 0 Å². The van der Waals surface area contributed by atoms with Crippen LogP contribution >= 0.6 is 8.58 Å². The average Bonchev–Trinajstić information content (AvgIpc) is 3.72. The fraction of sp³-hybridized carbons (Fsp3) is 0.429. The van der Waals surface area contributed by atoms with Crippen LogP contribution in [0, 0.1) is 0 Å². The van der Waals surface area contributed by atoms with Crippen molar-refractivity contribution in [3.8, 4) is 0 Å². The van der Waals surface area contributed by atoms with E-state index in [4.69, 9.17) is 0 Å². The van der Waals surface area contributed by atoms with Crippen LogP contribution in [0.2, 0.25) is 47.2 Å². The van der Waals surface area contributed by atoms with E-state index in [1.807, 2.05) is 0 Å². The summed E-state index contributed by atoms with van der Waals surface area (Å²) in [5, 5.41) is 2.79. The van der Waals surface area contributed by atoms with Crippen molar-refractivity contribution >= 4 is 19.2 Å². The smallest absolute Gasteiger partial charge is 0.0226 e. The Morgan fingerprint density at radius 1 is 0.667 bits per heavy atom. The summed E-state index contributed by atoms with van der Waals surface area (Å²) in [6.45, 7) is 5.38. The predicted molar refractivity (Wildman–Crippen MR) is 125 cm³/mol. The minimum absolute atomic E-state index is 0.777. The summed E-state index contributed by atoms with van der Waals surface area (Å²) < 4.78 is 2.00. The van der Waals surface area contributed by atoms with Crippen molar-refractivity contribution in [2.24, 2.45) is 0 Å². The summed E-state index contributed by atoms with van der Waals surface area (Å²) in [5.41, 5.74) is 0. The molecule has 2 heteroatoms. The molecule has 10 heterocycles. The van der Waals surface area contributed by atoms with Gasteiger partial charge in [-0.1, -0.05) is 69.2 Å². The molecule has 2 aromatic rings. The molecule has 0 nitrogen and oxygen atoms in total. The molecule has 0 saturated carbocycles. The van der Waals surface area contributed by atoms with Crippen molar-refractivity contribution in [1.29, 1.82) is 0 Å². The molecule has 154 valence electrons. The van der Waals surface area contributed by atoms with Gasteiger partial charge in [0, 0.05) is 0 Å². The third kappa shape index (κ3) is 0.279. The standard InChI is InChI=1S/C12H11P.C11H13.C5H5.Fe/c1-3-7-11(8-4-1)13-12-9-5-2-6-10-12;1-3-6-10-8-5-9-11(10)7-4-2;1-2-4-5-3-1;/h1-10,13H;3-5,8-9H,1-2,6-7H2;1-5H;.